The van der Waals surface area contributed by atoms with Crippen molar-refractivity contribution < 1.29 is 4.39 Å². The summed E-state index contributed by atoms with van der Waals surface area (Å²) in [6.07, 6.45) is 4.79. The van der Waals surface area contributed by atoms with Crippen LogP contribution in [-0.2, 0) is 13.5 Å². The second-order valence-electron chi connectivity index (χ2n) is 4.25. The molecule has 1 heterocycles. The summed E-state index contributed by atoms with van der Waals surface area (Å²) >= 11 is 0. The third-order valence-corrected chi connectivity index (χ3v) is 3.18. The largest absolute Gasteiger partial charge is 0.275 e. The number of aromatic nitrogens is 2. The van der Waals surface area contributed by atoms with Crippen LogP contribution in [0.3, 0.4) is 0 Å². The quantitative estimate of drug-likeness (QED) is 0.649. The first-order valence-electron chi connectivity index (χ1n) is 5.44. The maximum atomic E-state index is 13.9. The van der Waals surface area contributed by atoms with Crippen molar-refractivity contribution in [2.75, 3.05) is 0 Å². The van der Waals surface area contributed by atoms with E-state index in [2.05, 4.69) is 5.10 Å². The van der Waals surface area contributed by atoms with Gasteiger partial charge in [-0.25, -0.2) is 4.39 Å². The van der Waals surface area contributed by atoms with Crippen molar-refractivity contribution >= 4 is 16.5 Å². The third-order valence-electron chi connectivity index (χ3n) is 3.18. The molecule has 0 aliphatic heterocycles. The molecule has 2 aromatic rings. The molecule has 0 saturated carbocycles. The van der Waals surface area contributed by atoms with Gasteiger partial charge in [-0.2, -0.15) is 10.4 Å². The minimum atomic E-state index is -0.215. The molecular formula is C13H10FN3. The average molecular weight is 227 g/mol. The molecule has 84 valence electrons. The Hall–Kier alpha value is -2.15. The maximum Gasteiger partial charge on any atom is 0.129 e. The van der Waals surface area contributed by atoms with Crippen LogP contribution >= 0.6 is 0 Å². The van der Waals surface area contributed by atoms with E-state index in [9.17, 15) is 4.39 Å². The van der Waals surface area contributed by atoms with Crippen molar-refractivity contribution in [2.45, 2.75) is 12.8 Å². The standard InChI is InChI=1S/C13H10FN3/c1-17-7-10-12(16-17)6-11(14)9-3-2-8(4-5-15)13(9)10/h4,6-7H,2-3H2,1H3. The second-order valence-corrected chi connectivity index (χ2v) is 4.25. The SMILES string of the molecule is Cn1cc2c3c(c(F)cc2n1)CCC3=CC#N. The van der Waals surface area contributed by atoms with Crippen molar-refractivity contribution in [1.82, 2.24) is 9.78 Å². The van der Waals surface area contributed by atoms with Gasteiger partial charge in [0.15, 0.2) is 0 Å². The number of rotatable bonds is 0. The molecular weight excluding hydrogens is 217 g/mol. The highest BCUT2D eigenvalue weighted by molar-refractivity contribution is 5.95. The lowest BCUT2D eigenvalue weighted by Crippen LogP contribution is -1.89. The van der Waals surface area contributed by atoms with E-state index in [0.717, 1.165) is 22.9 Å². The summed E-state index contributed by atoms with van der Waals surface area (Å²) in [5.41, 5.74) is 3.15. The Morgan fingerprint density at radius 3 is 3.12 bits per heavy atom. The molecule has 0 saturated heterocycles. The van der Waals surface area contributed by atoms with Gasteiger partial charge < -0.3 is 0 Å². The Labute approximate surface area is 97.8 Å². The molecule has 0 unspecified atom stereocenters. The molecule has 0 spiro atoms. The number of hydrogen-bond acceptors (Lipinski definition) is 2. The Bertz CT molecular complexity index is 689. The minimum Gasteiger partial charge on any atom is -0.275 e. The topological polar surface area (TPSA) is 41.6 Å². The zero-order chi connectivity index (χ0) is 12.0. The lowest BCUT2D eigenvalue weighted by Gasteiger charge is -2.02. The molecule has 1 aliphatic carbocycles. The van der Waals surface area contributed by atoms with Crippen LogP contribution in [0.25, 0.3) is 16.5 Å². The first kappa shape index (κ1) is 10.0. The van der Waals surface area contributed by atoms with Gasteiger partial charge in [0.05, 0.1) is 11.6 Å². The van der Waals surface area contributed by atoms with Crippen LogP contribution in [0.2, 0.25) is 0 Å². The van der Waals surface area contributed by atoms with Crippen molar-refractivity contribution in [2.24, 2.45) is 7.05 Å². The number of halogens is 1. The van der Waals surface area contributed by atoms with Crippen molar-refractivity contribution in [3.05, 3.63) is 35.3 Å². The van der Waals surface area contributed by atoms with Crippen molar-refractivity contribution in [1.29, 1.82) is 5.26 Å². The normalized spacial score (nSPS) is 16.4. The molecule has 1 aliphatic rings. The molecule has 0 amide bonds. The van der Waals surface area contributed by atoms with E-state index in [0.29, 0.717) is 17.5 Å². The lowest BCUT2D eigenvalue weighted by atomic mass is 10.0. The molecule has 1 aromatic carbocycles. The molecule has 0 atom stereocenters. The Morgan fingerprint density at radius 1 is 1.53 bits per heavy atom. The number of benzene rings is 1. The van der Waals surface area contributed by atoms with Gasteiger partial charge in [-0.3, -0.25) is 4.68 Å². The summed E-state index contributed by atoms with van der Waals surface area (Å²) in [7, 11) is 1.81. The van der Waals surface area contributed by atoms with Gasteiger partial charge in [0.2, 0.25) is 0 Å². The predicted octanol–water partition coefficient (Wildman–Crippen LogP) is 2.57. The van der Waals surface area contributed by atoms with Crippen LogP contribution in [0.5, 0.6) is 0 Å². The van der Waals surface area contributed by atoms with Crippen LogP contribution in [0.15, 0.2) is 18.3 Å². The highest BCUT2D eigenvalue weighted by atomic mass is 19.1. The predicted molar refractivity (Wildman–Crippen MR) is 62.6 cm³/mol. The first-order valence-corrected chi connectivity index (χ1v) is 5.44. The van der Waals surface area contributed by atoms with E-state index in [1.807, 2.05) is 19.3 Å². The number of aryl methyl sites for hydroxylation is 1. The third kappa shape index (κ3) is 1.36. The van der Waals surface area contributed by atoms with E-state index in [-0.39, 0.29) is 5.82 Å². The molecule has 1 aromatic heterocycles. The molecule has 4 heteroatoms. The smallest absolute Gasteiger partial charge is 0.129 e. The lowest BCUT2D eigenvalue weighted by molar-refractivity contribution is 0.614. The Kier molecular flexibility index (Phi) is 2.02. The summed E-state index contributed by atoms with van der Waals surface area (Å²) < 4.78 is 15.6. The van der Waals surface area contributed by atoms with E-state index < -0.39 is 0 Å². The summed E-state index contributed by atoms with van der Waals surface area (Å²) in [6, 6.07) is 3.51. The van der Waals surface area contributed by atoms with Crippen LogP contribution in [-0.4, -0.2) is 9.78 Å². The highest BCUT2D eigenvalue weighted by Crippen LogP contribution is 2.38. The second kappa shape index (κ2) is 3.42. The van der Waals surface area contributed by atoms with Gasteiger partial charge in [0.1, 0.15) is 5.82 Å². The monoisotopic (exact) mass is 227 g/mol. The van der Waals surface area contributed by atoms with Gasteiger partial charge >= 0.3 is 0 Å². The number of fused-ring (bicyclic) bond motifs is 3. The minimum absolute atomic E-state index is 0.215. The molecule has 0 N–H and O–H groups in total. The fourth-order valence-corrected chi connectivity index (χ4v) is 2.51. The summed E-state index contributed by atoms with van der Waals surface area (Å²) in [5, 5.41) is 13.9. The van der Waals surface area contributed by atoms with Crippen LogP contribution in [0.1, 0.15) is 17.5 Å². The van der Waals surface area contributed by atoms with Gasteiger partial charge in [0, 0.05) is 30.8 Å². The highest BCUT2D eigenvalue weighted by Gasteiger charge is 2.23. The maximum absolute atomic E-state index is 13.9. The summed E-state index contributed by atoms with van der Waals surface area (Å²) in [6.45, 7) is 0. The Balaban J connectivity index is 2.42. The van der Waals surface area contributed by atoms with E-state index in [1.165, 1.54) is 12.1 Å². The number of hydrogen-bond donors (Lipinski definition) is 0. The number of nitrogens with zero attached hydrogens (tertiary/aromatic N) is 3. The van der Waals surface area contributed by atoms with E-state index >= 15 is 0 Å². The van der Waals surface area contributed by atoms with Crippen LogP contribution < -0.4 is 0 Å². The van der Waals surface area contributed by atoms with Crippen LogP contribution in [0, 0.1) is 17.1 Å². The molecule has 0 radical (unpaired) electrons. The fraction of sp³-hybridized carbons (Fsp3) is 0.231. The summed E-state index contributed by atoms with van der Waals surface area (Å²) in [4.78, 5) is 0. The van der Waals surface area contributed by atoms with E-state index in [4.69, 9.17) is 5.26 Å². The zero-order valence-electron chi connectivity index (χ0n) is 9.37. The van der Waals surface area contributed by atoms with Gasteiger partial charge in [-0.05, 0) is 29.5 Å². The summed E-state index contributed by atoms with van der Waals surface area (Å²) in [5.74, 6) is -0.215. The van der Waals surface area contributed by atoms with Gasteiger partial charge in [-0.1, -0.05) is 0 Å². The van der Waals surface area contributed by atoms with Crippen LogP contribution in [0.4, 0.5) is 4.39 Å². The number of nitriles is 1. The average Bonchev–Trinajstić information content (AvgIpc) is 2.82. The molecule has 0 fully saturated rings. The van der Waals surface area contributed by atoms with Gasteiger partial charge in [0.25, 0.3) is 0 Å². The molecule has 3 rings (SSSR count). The van der Waals surface area contributed by atoms with Crippen molar-refractivity contribution in [3.63, 3.8) is 0 Å². The molecule has 17 heavy (non-hydrogen) atoms. The molecule has 3 nitrogen and oxygen atoms in total. The first-order chi connectivity index (χ1) is 8.20. The van der Waals surface area contributed by atoms with Crippen molar-refractivity contribution in [3.8, 4) is 6.07 Å². The zero-order valence-corrected chi connectivity index (χ0v) is 9.37. The Morgan fingerprint density at radius 2 is 2.35 bits per heavy atom. The molecule has 0 bridgehead atoms. The fourth-order valence-electron chi connectivity index (χ4n) is 2.51. The van der Waals surface area contributed by atoms with Gasteiger partial charge in [-0.15, -0.1) is 0 Å². The van der Waals surface area contributed by atoms with E-state index in [1.54, 1.807) is 4.68 Å². The number of allylic oxidation sites excluding steroid dienone is 2.